The van der Waals surface area contributed by atoms with Crippen molar-refractivity contribution in [3.8, 4) is 5.75 Å². The molecular formula is C14H15Br3O2. The average Bonchev–Trinajstić information content (AvgIpc) is 2.84. The molecule has 3 rings (SSSR count). The number of rotatable bonds is 2. The fraction of sp³-hybridized carbons (Fsp3) is 0.571. The highest BCUT2D eigenvalue weighted by Crippen LogP contribution is 2.55. The molecule has 2 saturated carbocycles. The zero-order valence-corrected chi connectivity index (χ0v) is 15.1. The van der Waals surface area contributed by atoms with Crippen LogP contribution in [-0.4, -0.2) is 17.3 Å². The van der Waals surface area contributed by atoms with Gasteiger partial charge < -0.3 is 9.84 Å². The van der Waals surface area contributed by atoms with E-state index in [9.17, 15) is 5.11 Å². The van der Waals surface area contributed by atoms with Gasteiger partial charge in [-0.3, -0.25) is 0 Å². The van der Waals surface area contributed by atoms with Crippen LogP contribution in [0, 0.1) is 5.41 Å². The molecule has 2 nitrogen and oxygen atoms in total. The van der Waals surface area contributed by atoms with Gasteiger partial charge in [0.2, 0.25) is 0 Å². The minimum Gasteiger partial charge on any atom is -0.487 e. The third-order valence-electron chi connectivity index (χ3n) is 4.50. The molecule has 0 aromatic heterocycles. The van der Waals surface area contributed by atoms with E-state index in [1.54, 1.807) is 0 Å². The number of halogens is 3. The second-order valence-corrected chi connectivity index (χ2v) is 8.12. The van der Waals surface area contributed by atoms with Crippen molar-refractivity contribution in [1.82, 2.24) is 0 Å². The maximum atomic E-state index is 10.1. The molecule has 0 bridgehead atoms. The Balaban J connectivity index is 1.83. The molecule has 0 heterocycles. The van der Waals surface area contributed by atoms with Crippen molar-refractivity contribution in [2.45, 2.75) is 44.3 Å². The van der Waals surface area contributed by atoms with Gasteiger partial charge in [-0.15, -0.1) is 0 Å². The molecule has 0 amide bonds. The van der Waals surface area contributed by atoms with Gasteiger partial charge in [-0.05, 0) is 56.8 Å². The van der Waals surface area contributed by atoms with Crippen LogP contribution in [0.1, 0.15) is 32.1 Å². The van der Waals surface area contributed by atoms with Crippen LogP contribution >= 0.6 is 47.8 Å². The van der Waals surface area contributed by atoms with Gasteiger partial charge in [-0.1, -0.05) is 28.8 Å². The van der Waals surface area contributed by atoms with Gasteiger partial charge >= 0.3 is 0 Å². The van der Waals surface area contributed by atoms with E-state index < -0.39 is 0 Å². The van der Waals surface area contributed by atoms with Gasteiger partial charge in [0, 0.05) is 16.3 Å². The van der Waals surface area contributed by atoms with Crippen molar-refractivity contribution in [3.05, 3.63) is 25.6 Å². The van der Waals surface area contributed by atoms with Crippen LogP contribution in [0.3, 0.4) is 0 Å². The number of aliphatic hydroxyl groups excluding tert-OH is 1. The zero-order chi connectivity index (χ0) is 13.6. The monoisotopic (exact) mass is 452 g/mol. The van der Waals surface area contributed by atoms with Crippen LogP contribution in [0.15, 0.2) is 25.6 Å². The molecule has 1 N–H and O–H groups in total. The van der Waals surface area contributed by atoms with E-state index in [-0.39, 0.29) is 17.6 Å². The smallest absolute Gasteiger partial charge is 0.148 e. The van der Waals surface area contributed by atoms with Gasteiger partial charge in [0.25, 0.3) is 0 Å². The topological polar surface area (TPSA) is 29.5 Å². The molecule has 2 aliphatic rings. The van der Waals surface area contributed by atoms with Crippen LogP contribution in [0.4, 0.5) is 0 Å². The van der Waals surface area contributed by atoms with Crippen LogP contribution in [0.2, 0.25) is 0 Å². The van der Waals surface area contributed by atoms with E-state index in [0.717, 1.165) is 38.4 Å². The molecule has 1 spiro atoms. The number of benzene rings is 1. The second-order valence-electron chi connectivity index (χ2n) is 5.50. The van der Waals surface area contributed by atoms with E-state index in [1.165, 1.54) is 12.8 Å². The summed E-state index contributed by atoms with van der Waals surface area (Å²) in [5.74, 6) is 0.839. The van der Waals surface area contributed by atoms with Gasteiger partial charge in [0.1, 0.15) is 11.9 Å². The molecule has 2 aliphatic carbocycles. The summed E-state index contributed by atoms with van der Waals surface area (Å²) in [4.78, 5) is 0. The molecule has 2 fully saturated rings. The normalized spacial score (nSPS) is 28.4. The SMILES string of the molecule is OC1CC(Oc2c(Br)cc(Br)cc2Br)C12CCCC2. The van der Waals surface area contributed by atoms with Crippen molar-refractivity contribution in [2.24, 2.45) is 5.41 Å². The van der Waals surface area contributed by atoms with Crippen molar-refractivity contribution in [2.75, 3.05) is 0 Å². The first-order chi connectivity index (χ1) is 9.03. The van der Waals surface area contributed by atoms with Gasteiger partial charge in [0.05, 0.1) is 15.0 Å². The fourth-order valence-corrected chi connectivity index (χ4v) is 5.81. The lowest BCUT2D eigenvalue weighted by atomic mass is 9.62. The summed E-state index contributed by atoms with van der Waals surface area (Å²) >= 11 is 10.5. The quantitative estimate of drug-likeness (QED) is 0.677. The number of hydrogen-bond donors (Lipinski definition) is 1. The Labute approximate surface area is 138 Å². The van der Waals surface area contributed by atoms with E-state index in [4.69, 9.17) is 4.74 Å². The Hall–Kier alpha value is 0.420. The molecule has 2 atom stereocenters. The third-order valence-corrected chi connectivity index (χ3v) is 6.14. The minimum absolute atomic E-state index is 0.00591. The lowest BCUT2D eigenvalue weighted by Gasteiger charge is -2.51. The first-order valence-electron chi connectivity index (χ1n) is 6.52. The highest BCUT2D eigenvalue weighted by Gasteiger charge is 2.57. The molecule has 2 unspecified atom stereocenters. The number of hydrogen-bond acceptors (Lipinski definition) is 2. The molecule has 104 valence electrons. The summed E-state index contributed by atoms with van der Waals surface area (Å²) < 4.78 is 9.07. The first-order valence-corrected chi connectivity index (χ1v) is 8.90. The molecule has 1 aromatic carbocycles. The van der Waals surface area contributed by atoms with Gasteiger partial charge in [-0.2, -0.15) is 0 Å². The average molecular weight is 455 g/mol. The summed E-state index contributed by atoms with van der Waals surface area (Å²) in [6.45, 7) is 0. The highest BCUT2D eigenvalue weighted by atomic mass is 79.9. The molecule has 0 radical (unpaired) electrons. The number of aliphatic hydroxyl groups is 1. The Morgan fingerprint density at radius 2 is 1.68 bits per heavy atom. The van der Waals surface area contributed by atoms with Crippen molar-refractivity contribution >= 4 is 47.8 Å². The van der Waals surface area contributed by atoms with Gasteiger partial charge in [0.15, 0.2) is 0 Å². The standard InChI is InChI=1S/C14H15Br3O2/c15-8-5-9(16)13(10(17)6-8)19-12-7-11(18)14(12)3-1-2-4-14/h5-6,11-12,18H,1-4,7H2. The molecule has 0 saturated heterocycles. The van der Waals surface area contributed by atoms with Crippen molar-refractivity contribution in [3.63, 3.8) is 0 Å². The van der Waals surface area contributed by atoms with E-state index in [1.807, 2.05) is 12.1 Å². The molecule has 5 heteroatoms. The maximum absolute atomic E-state index is 10.1. The summed E-state index contributed by atoms with van der Waals surface area (Å²) in [5.41, 5.74) is 0.00591. The fourth-order valence-electron chi connectivity index (χ4n) is 3.36. The van der Waals surface area contributed by atoms with E-state index in [2.05, 4.69) is 47.8 Å². The third kappa shape index (κ3) is 2.41. The molecular weight excluding hydrogens is 440 g/mol. The second kappa shape index (κ2) is 5.32. The Morgan fingerprint density at radius 3 is 2.21 bits per heavy atom. The van der Waals surface area contributed by atoms with Crippen LogP contribution in [0.25, 0.3) is 0 Å². The Morgan fingerprint density at radius 1 is 1.11 bits per heavy atom. The van der Waals surface area contributed by atoms with E-state index >= 15 is 0 Å². The largest absolute Gasteiger partial charge is 0.487 e. The zero-order valence-electron chi connectivity index (χ0n) is 10.3. The lowest BCUT2D eigenvalue weighted by molar-refractivity contribution is -0.152. The first kappa shape index (κ1) is 14.4. The highest BCUT2D eigenvalue weighted by molar-refractivity contribution is 9.11. The van der Waals surface area contributed by atoms with Crippen LogP contribution in [-0.2, 0) is 0 Å². The van der Waals surface area contributed by atoms with Crippen molar-refractivity contribution < 1.29 is 9.84 Å². The summed E-state index contributed by atoms with van der Waals surface area (Å²) in [5, 5.41) is 10.1. The van der Waals surface area contributed by atoms with Crippen LogP contribution < -0.4 is 4.74 Å². The molecule has 0 aliphatic heterocycles. The van der Waals surface area contributed by atoms with E-state index in [0.29, 0.717) is 0 Å². The summed E-state index contributed by atoms with van der Waals surface area (Å²) in [6, 6.07) is 3.97. The number of ether oxygens (including phenoxy) is 1. The Kier molecular flexibility index (Phi) is 4.02. The van der Waals surface area contributed by atoms with Crippen LogP contribution in [0.5, 0.6) is 5.75 Å². The summed E-state index contributed by atoms with van der Waals surface area (Å²) in [7, 11) is 0. The molecule has 19 heavy (non-hydrogen) atoms. The maximum Gasteiger partial charge on any atom is 0.148 e. The summed E-state index contributed by atoms with van der Waals surface area (Å²) in [6.07, 6.45) is 5.29. The predicted octanol–water partition coefficient (Wildman–Crippen LogP) is 5.05. The van der Waals surface area contributed by atoms with Gasteiger partial charge in [-0.25, -0.2) is 0 Å². The molecule has 1 aromatic rings. The van der Waals surface area contributed by atoms with Crippen molar-refractivity contribution in [1.29, 1.82) is 0 Å². The Bertz CT molecular complexity index is 474. The lowest BCUT2D eigenvalue weighted by Crippen LogP contribution is -2.58. The predicted molar refractivity (Wildman–Crippen MR) is 85.5 cm³/mol. The minimum atomic E-state index is -0.187.